The number of benzene rings is 2. The molecule has 33 heavy (non-hydrogen) atoms. The van der Waals surface area contributed by atoms with Crippen LogP contribution in [0.1, 0.15) is 57.9 Å². The second-order valence-electron chi connectivity index (χ2n) is 8.76. The zero-order valence-electron chi connectivity index (χ0n) is 19.2. The highest BCUT2D eigenvalue weighted by Crippen LogP contribution is 2.39. The molecule has 2 aliphatic heterocycles. The van der Waals surface area contributed by atoms with E-state index < -0.39 is 0 Å². The smallest absolute Gasteiger partial charge is 0.273 e. The van der Waals surface area contributed by atoms with E-state index in [1.807, 2.05) is 47.1 Å². The molecule has 1 saturated heterocycles. The number of aryl methyl sites for hydroxylation is 1. The largest absolute Gasteiger partial charge is 0.497 e. The van der Waals surface area contributed by atoms with Crippen LogP contribution >= 0.6 is 0 Å². The Kier molecular flexibility index (Phi) is 5.40. The molecule has 170 valence electrons. The second kappa shape index (κ2) is 8.39. The van der Waals surface area contributed by atoms with E-state index in [1.54, 1.807) is 36.1 Å². The zero-order chi connectivity index (χ0) is 23.1. The Morgan fingerprint density at radius 3 is 2.52 bits per heavy atom. The number of para-hydroxylation sites is 1. The van der Waals surface area contributed by atoms with E-state index in [1.165, 1.54) is 0 Å². The summed E-state index contributed by atoms with van der Waals surface area (Å²) in [6.45, 7) is 5.26. The number of fused-ring (bicyclic) bond motifs is 1. The summed E-state index contributed by atoms with van der Waals surface area (Å²) in [4.78, 5) is 30.7. The van der Waals surface area contributed by atoms with Gasteiger partial charge in [0.25, 0.3) is 11.8 Å². The molecule has 2 amide bonds. The highest BCUT2D eigenvalue weighted by molar-refractivity contribution is 5.99. The summed E-state index contributed by atoms with van der Waals surface area (Å²) in [5.74, 6) is 0.705. The van der Waals surface area contributed by atoms with Crippen molar-refractivity contribution in [2.75, 3.05) is 20.2 Å². The van der Waals surface area contributed by atoms with Gasteiger partial charge in [-0.05, 0) is 63.1 Å². The van der Waals surface area contributed by atoms with Crippen LogP contribution in [-0.4, -0.2) is 57.6 Å². The number of nitrogens with zero attached hydrogens (tertiary/aromatic N) is 4. The monoisotopic (exact) mass is 444 g/mol. The maximum atomic E-state index is 13.7. The van der Waals surface area contributed by atoms with Gasteiger partial charge in [-0.1, -0.05) is 18.2 Å². The fourth-order valence-corrected chi connectivity index (χ4v) is 5.20. The van der Waals surface area contributed by atoms with Gasteiger partial charge in [-0.15, -0.1) is 0 Å². The molecule has 2 unspecified atom stereocenters. The molecule has 0 bridgehead atoms. The summed E-state index contributed by atoms with van der Waals surface area (Å²) in [5.41, 5.74) is 4.02. The standard InChI is InChI=1S/C26H28N4O3/c1-17-23-18(2)29(26(32)24(23)30(27-17)20-8-5-4-6-9-20)21-10-7-15-28(16-21)25(31)19-11-13-22(33-3)14-12-19/h4-6,8-9,11-14,18,21H,7,10,15-16H2,1-3H3. The van der Waals surface area contributed by atoms with E-state index >= 15 is 0 Å². The first-order chi connectivity index (χ1) is 16.0. The van der Waals surface area contributed by atoms with Gasteiger partial charge in [-0.2, -0.15) is 5.10 Å². The molecule has 3 heterocycles. The van der Waals surface area contributed by atoms with Crippen LogP contribution in [0.3, 0.4) is 0 Å². The summed E-state index contributed by atoms with van der Waals surface area (Å²) < 4.78 is 6.97. The summed E-state index contributed by atoms with van der Waals surface area (Å²) in [5, 5.41) is 4.67. The van der Waals surface area contributed by atoms with E-state index in [2.05, 4.69) is 12.0 Å². The molecule has 3 aromatic rings. The highest BCUT2D eigenvalue weighted by atomic mass is 16.5. The van der Waals surface area contributed by atoms with E-state index in [4.69, 9.17) is 4.74 Å². The van der Waals surface area contributed by atoms with Crippen molar-refractivity contribution >= 4 is 11.8 Å². The third kappa shape index (κ3) is 3.57. The summed E-state index contributed by atoms with van der Waals surface area (Å²) in [6.07, 6.45) is 1.74. The van der Waals surface area contributed by atoms with Crippen molar-refractivity contribution in [1.29, 1.82) is 0 Å². The molecule has 1 fully saturated rings. The molecule has 7 nitrogen and oxygen atoms in total. The lowest BCUT2D eigenvalue weighted by Crippen LogP contribution is -2.50. The van der Waals surface area contributed by atoms with Crippen molar-refractivity contribution in [3.05, 3.63) is 77.1 Å². The predicted octanol–water partition coefficient (Wildman–Crippen LogP) is 4.01. The molecule has 2 atom stereocenters. The van der Waals surface area contributed by atoms with Gasteiger partial charge in [0, 0.05) is 24.2 Å². The van der Waals surface area contributed by atoms with Gasteiger partial charge >= 0.3 is 0 Å². The molecule has 0 aliphatic carbocycles. The maximum absolute atomic E-state index is 13.7. The molecule has 5 rings (SSSR count). The highest BCUT2D eigenvalue weighted by Gasteiger charge is 2.44. The number of rotatable bonds is 4. The minimum absolute atomic E-state index is 0.00851. The first kappa shape index (κ1) is 21.2. The quantitative estimate of drug-likeness (QED) is 0.610. The average Bonchev–Trinajstić information content (AvgIpc) is 3.34. The summed E-state index contributed by atoms with van der Waals surface area (Å²) in [6, 6.07) is 16.9. The van der Waals surface area contributed by atoms with Gasteiger partial charge in [0.15, 0.2) is 0 Å². The van der Waals surface area contributed by atoms with Gasteiger partial charge in [0.1, 0.15) is 11.4 Å². The van der Waals surface area contributed by atoms with Crippen LogP contribution in [0.5, 0.6) is 5.75 Å². The van der Waals surface area contributed by atoms with Gasteiger partial charge in [0.2, 0.25) is 0 Å². The molecule has 0 saturated carbocycles. The van der Waals surface area contributed by atoms with Crippen molar-refractivity contribution < 1.29 is 14.3 Å². The van der Waals surface area contributed by atoms with Crippen molar-refractivity contribution in [2.24, 2.45) is 0 Å². The Morgan fingerprint density at radius 1 is 1.09 bits per heavy atom. The fraction of sp³-hybridized carbons (Fsp3) is 0.346. The lowest BCUT2D eigenvalue weighted by atomic mass is 10.0. The first-order valence-electron chi connectivity index (χ1n) is 11.4. The third-order valence-corrected chi connectivity index (χ3v) is 6.79. The molecule has 0 spiro atoms. The Bertz CT molecular complexity index is 1190. The number of ether oxygens (including phenoxy) is 1. The van der Waals surface area contributed by atoms with Crippen LogP contribution in [0.4, 0.5) is 0 Å². The first-order valence-corrected chi connectivity index (χ1v) is 11.4. The lowest BCUT2D eigenvalue weighted by Gasteiger charge is -2.39. The average molecular weight is 445 g/mol. The minimum Gasteiger partial charge on any atom is -0.497 e. The van der Waals surface area contributed by atoms with Crippen LogP contribution in [0.15, 0.2) is 54.6 Å². The number of methoxy groups -OCH3 is 1. The van der Waals surface area contributed by atoms with Crippen LogP contribution in [-0.2, 0) is 0 Å². The molecule has 2 aliphatic rings. The van der Waals surface area contributed by atoms with E-state index in [9.17, 15) is 9.59 Å². The lowest BCUT2D eigenvalue weighted by molar-refractivity contribution is 0.0418. The van der Waals surface area contributed by atoms with Gasteiger partial charge in [-0.3, -0.25) is 9.59 Å². The molecule has 7 heteroatoms. The van der Waals surface area contributed by atoms with Gasteiger partial charge < -0.3 is 14.5 Å². The van der Waals surface area contributed by atoms with Crippen molar-refractivity contribution in [1.82, 2.24) is 19.6 Å². The Morgan fingerprint density at radius 2 is 1.82 bits per heavy atom. The molecule has 2 aromatic carbocycles. The molecule has 0 N–H and O–H groups in total. The molecular formula is C26H28N4O3. The molecule has 1 aromatic heterocycles. The number of hydrogen-bond donors (Lipinski definition) is 0. The summed E-state index contributed by atoms with van der Waals surface area (Å²) >= 11 is 0. The Balaban J connectivity index is 1.40. The van der Waals surface area contributed by atoms with Crippen LogP contribution in [0.2, 0.25) is 0 Å². The van der Waals surface area contributed by atoms with E-state index in [0.29, 0.717) is 24.3 Å². The molecular weight excluding hydrogens is 416 g/mol. The number of hydrogen-bond acceptors (Lipinski definition) is 4. The number of aromatic nitrogens is 2. The van der Waals surface area contributed by atoms with Crippen LogP contribution in [0.25, 0.3) is 5.69 Å². The predicted molar refractivity (Wildman–Crippen MR) is 125 cm³/mol. The topological polar surface area (TPSA) is 67.7 Å². The Hall–Kier alpha value is -3.61. The van der Waals surface area contributed by atoms with E-state index in [0.717, 1.165) is 35.5 Å². The minimum atomic E-state index is -0.0778. The fourth-order valence-electron chi connectivity index (χ4n) is 5.20. The third-order valence-electron chi connectivity index (χ3n) is 6.79. The number of amides is 2. The van der Waals surface area contributed by atoms with Crippen molar-refractivity contribution in [3.63, 3.8) is 0 Å². The Labute approximate surface area is 193 Å². The number of piperidine rings is 1. The van der Waals surface area contributed by atoms with Gasteiger partial charge in [0.05, 0.1) is 30.6 Å². The number of likely N-dealkylation sites (tertiary alicyclic amines) is 1. The van der Waals surface area contributed by atoms with Crippen LogP contribution < -0.4 is 4.74 Å². The second-order valence-corrected chi connectivity index (χ2v) is 8.76. The SMILES string of the molecule is COc1ccc(C(=O)N2CCCC(N3C(=O)c4c(c(C)nn4-c4ccccc4)C3C)C2)cc1. The zero-order valence-corrected chi connectivity index (χ0v) is 19.2. The van der Waals surface area contributed by atoms with Crippen molar-refractivity contribution in [3.8, 4) is 11.4 Å². The van der Waals surface area contributed by atoms with Crippen LogP contribution in [0, 0.1) is 6.92 Å². The van der Waals surface area contributed by atoms with E-state index in [-0.39, 0.29) is 23.9 Å². The normalized spacial score (nSPS) is 20.2. The number of carbonyl (C=O) groups is 2. The molecule has 0 radical (unpaired) electrons. The van der Waals surface area contributed by atoms with Gasteiger partial charge in [-0.25, -0.2) is 4.68 Å². The van der Waals surface area contributed by atoms with Crippen molar-refractivity contribution in [2.45, 2.75) is 38.8 Å². The summed E-state index contributed by atoms with van der Waals surface area (Å²) in [7, 11) is 1.61. The number of carbonyl (C=O) groups excluding carboxylic acids is 2. The maximum Gasteiger partial charge on any atom is 0.273 e.